The Kier molecular flexibility index (Phi) is 3.87. The first-order valence-corrected chi connectivity index (χ1v) is 5.63. The lowest BCUT2D eigenvalue weighted by Gasteiger charge is -1.97. The number of halogens is 1. The largest absolute Gasteiger partial charge is 0.279 e. The summed E-state index contributed by atoms with van der Waals surface area (Å²) in [5, 5.41) is 10.6. The highest BCUT2D eigenvalue weighted by molar-refractivity contribution is 6.09. The molecule has 98 valence electrons. The molecule has 0 N–H and O–H groups in total. The van der Waals surface area contributed by atoms with Crippen LogP contribution in [0.4, 0.5) is 10.1 Å². The zero-order valence-electron chi connectivity index (χ0n) is 10.2. The number of non-ortho nitro benzene ring substituents is 1. The minimum atomic E-state index is -0.831. The smallest absolute Gasteiger partial charge is 0.270 e. The minimum Gasteiger partial charge on any atom is -0.279 e. The van der Waals surface area contributed by atoms with Crippen LogP contribution >= 0.6 is 0 Å². The lowest BCUT2D eigenvalue weighted by molar-refractivity contribution is -0.384. The van der Waals surface area contributed by atoms with E-state index in [0.717, 1.165) is 18.2 Å². The topological polar surface area (TPSA) is 60.2 Å². The summed E-state index contributed by atoms with van der Waals surface area (Å²) in [6, 6.07) is 11.5. The number of carbonyl (C=O) groups is 1. The number of nitro groups is 1. The van der Waals surface area contributed by atoms with Crippen LogP contribution in [0.3, 0.4) is 0 Å². The number of hydrogen-bond acceptors (Lipinski definition) is 3. The van der Waals surface area contributed by atoms with E-state index in [2.05, 4.69) is 11.8 Å². The molecule has 20 heavy (non-hydrogen) atoms. The first-order chi connectivity index (χ1) is 9.58. The van der Waals surface area contributed by atoms with E-state index in [9.17, 15) is 19.3 Å². The maximum absolute atomic E-state index is 13.5. The van der Waals surface area contributed by atoms with Gasteiger partial charge in [0, 0.05) is 17.7 Å². The average Bonchev–Trinajstić information content (AvgIpc) is 2.46. The average molecular weight is 269 g/mol. The summed E-state index contributed by atoms with van der Waals surface area (Å²) in [6.07, 6.45) is 0. The summed E-state index contributed by atoms with van der Waals surface area (Å²) in [7, 11) is 0. The Balaban J connectivity index is 2.33. The molecule has 0 fully saturated rings. The summed E-state index contributed by atoms with van der Waals surface area (Å²) in [6.45, 7) is 0. The van der Waals surface area contributed by atoms with Crippen LogP contribution in [-0.4, -0.2) is 10.7 Å². The van der Waals surface area contributed by atoms with E-state index in [0.29, 0.717) is 5.56 Å². The Bertz CT molecular complexity index is 730. The van der Waals surface area contributed by atoms with Gasteiger partial charge in [0.2, 0.25) is 5.78 Å². The molecule has 0 saturated carbocycles. The SMILES string of the molecule is O=C(C#Cc1ccccc1)c1cc([N+](=O)[O-])ccc1F. The quantitative estimate of drug-likeness (QED) is 0.364. The summed E-state index contributed by atoms with van der Waals surface area (Å²) in [4.78, 5) is 21.7. The third-order valence-electron chi connectivity index (χ3n) is 2.50. The lowest BCUT2D eigenvalue weighted by Crippen LogP contribution is -2.01. The summed E-state index contributed by atoms with van der Waals surface area (Å²) in [5.41, 5.74) is -0.148. The Labute approximate surface area is 114 Å². The minimum absolute atomic E-state index is 0.351. The van der Waals surface area contributed by atoms with Crippen molar-refractivity contribution in [3.63, 3.8) is 0 Å². The molecular weight excluding hydrogens is 261 g/mol. The number of carbonyl (C=O) groups excluding carboxylic acids is 1. The number of benzene rings is 2. The zero-order valence-corrected chi connectivity index (χ0v) is 10.2. The van der Waals surface area contributed by atoms with Gasteiger partial charge in [0.15, 0.2) is 0 Å². The van der Waals surface area contributed by atoms with Crippen LogP contribution < -0.4 is 0 Å². The summed E-state index contributed by atoms with van der Waals surface area (Å²) in [5.74, 6) is 3.23. The summed E-state index contributed by atoms with van der Waals surface area (Å²) < 4.78 is 13.5. The van der Waals surface area contributed by atoms with Crippen molar-refractivity contribution in [1.29, 1.82) is 0 Å². The van der Waals surface area contributed by atoms with E-state index in [-0.39, 0.29) is 5.69 Å². The molecule has 5 heteroatoms. The van der Waals surface area contributed by atoms with Gasteiger partial charge in [-0.25, -0.2) is 4.39 Å². The van der Waals surface area contributed by atoms with E-state index in [1.54, 1.807) is 30.3 Å². The second-order valence-corrected chi connectivity index (χ2v) is 3.87. The van der Waals surface area contributed by atoms with Gasteiger partial charge in [-0.15, -0.1) is 0 Å². The molecule has 0 aromatic heterocycles. The van der Waals surface area contributed by atoms with Crippen molar-refractivity contribution in [3.05, 3.63) is 75.6 Å². The first-order valence-electron chi connectivity index (χ1n) is 5.63. The molecule has 0 spiro atoms. The fourth-order valence-corrected chi connectivity index (χ4v) is 1.52. The number of rotatable bonds is 2. The van der Waals surface area contributed by atoms with Crippen LogP contribution in [0.25, 0.3) is 0 Å². The van der Waals surface area contributed by atoms with Crippen LogP contribution in [-0.2, 0) is 0 Å². The molecule has 0 atom stereocenters. The van der Waals surface area contributed by atoms with E-state index in [4.69, 9.17) is 0 Å². The molecule has 0 saturated heterocycles. The van der Waals surface area contributed by atoms with Crippen molar-refractivity contribution in [2.75, 3.05) is 0 Å². The maximum atomic E-state index is 13.5. The monoisotopic (exact) mass is 269 g/mol. The van der Waals surface area contributed by atoms with Crippen LogP contribution in [0.1, 0.15) is 15.9 Å². The second-order valence-electron chi connectivity index (χ2n) is 3.87. The number of hydrogen-bond donors (Lipinski definition) is 0. The molecular formula is C15H8FNO3. The van der Waals surface area contributed by atoms with E-state index < -0.39 is 22.1 Å². The predicted molar refractivity (Wildman–Crippen MR) is 70.7 cm³/mol. The zero-order chi connectivity index (χ0) is 14.5. The van der Waals surface area contributed by atoms with Crippen molar-refractivity contribution < 1.29 is 14.1 Å². The Morgan fingerprint density at radius 2 is 1.85 bits per heavy atom. The molecule has 2 aromatic carbocycles. The van der Waals surface area contributed by atoms with Gasteiger partial charge in [0.05, 0.1) is 10.5 Å². The molecule has 0 bridgehead atoms. The molecule has 2 aromatic rings. The lowest BCUT2D eigenvalue weighted by atomic mass is 10.1. The standard InChI is InChI=1S/C15H8FNO3/c16-14-8-7-12(17(19)20)10-13(14)15(18)9-6-11-4-2-1-3-5-11/h1-5,7-8,10H. The molecule has 0 radical (unpaired) electrons. The van der Waals surface area contributed by atoms with Crippen LogP contribution in [0.2, 0.25) is 0 Å². The number of nitrogens with zero attached hydrogens (tertiary/aromatic N) is 1. The predicted octanol–water partition coefficient (Wildman–Crippen LogP) is 2.97. The van der Waals surface area contributed by atoms with Crippen molar-refractivity contribution in [3.8, 4) is 11.8 Å². The highest BCUT2D eigenvalue weighted by Crippen LogP contribution is 2.17. The molecule has 0 heterocycles. The molecule has 0 amide bonds. The molecule has 0 aliphatic carbocycles. The molecule has 4 nitrogen and oxygen atoms in total. The van der Waals surface area contributed by atoms with Crippen molar-refractivity contribution in [2.24, 2.45) is 0 Å². The maximum Gasteiger partial charge on any atom is 0.270 e. The van der Waals surface area contributed by atoms with Gasteiger partial charge >= 0.3 is 0 Å². The molecule has 0 aliphatic rings. The van der Waals surface area contributed by atoms with E-state index >= 15 is 0 Å². The fourth-order valence-electron chi connectivity index (χ4n) is 1.52. The normalized spacial score (nSPS) is 9.45. The van der Waals surface area contributed by atoms with Crippen molar-refractivity contribution >= 4 is 11.5 Å². The van der Waals surface area contributed by atoms with Crippen LogP contribution in [0.15, 0.2) is 48.5 Å². The Morgan fingerprint density at radius 3 is 2.50 bits per heavy atom. The molecule has 2 rings (SSSR count). The number of ketones is 1. The summed E-state index contributed by atoms with van der Waals surface area (Å²) >= 11 is 0. The highest BCUT2D eigenvalue weighted by Gasteiger charge is 2.15. The highest BCUT2D eigenvalue weighted by atomic mass is 19.1. The van der Waals surface area contributed by atoms with Gasteiger partial charge in [-0.3, -0.25) is 14.9 Å². The van der Waals surface area contributed by atoms with Gasteiger partial charge in [-0.2, -0.15) is 0 Å². The van der Waals surface area contributed by atoms with Gasteiger partial charge < -0.3 is 0 Å². The van der Waals surface area contributed by atoms with Gasteiger partial charge in [-0.1, -0.05) is 24.1 Å². The molecule has 0 aliphatic heterocycles. The van der Waals surface area contributed by atoms with Gasteiger partial charge in [0.1, 0.15) is 5.82 Å². The third-order valence-corrected chi connectivity index (χ3v) is 2.50. The first kappa shape index (κ1) is 13.4. The van der Waals surface area contributed by atoms with Gasteiger partial charge in [-0.05, 0) is 24.1 Å². The van der Waals surface area contributed by atoms with E-state index in [1.807, 2.05) is 0 Å². The van der Waals surface area contributed by atoms with Crippen molar-refractivity contribution in [1.82, 2.24) is 0 Å². The number of nitro benzene ring substituents is 1. The third kappa shape index (κ3) is 3.06. The fraction of sp³-hybridized carbons (Fsp3) is 0. The van der Waals surface area contributed by atoms with Crippen LogP contribution in [0.5, 0.6) is 0 Å². The Morgan fingerprint density at radius 1 is 1.15 bits per heavy atom. The second kappa shape index (κ2) is 5.76. The molecule has 0 unspecified atom stereocenters. The van der Waals surface area contributed by atoms with Gasteiger partial charge in [0.25, 0.3) is 5.69 Å². The number of Topliss-reactive ketones (excluding diaryl/α,β-unsaturated/α-hetero) is 1. The Hall–Kier alpha value is -3.00. The van der Waals surface area contributed by atoms with Crippen molar-refractivity contribution in [2.45, 2.75) is 0 Å². The van der Waals surface area contributed by atoms with Crippen LogP contribution in [0, 0.1) is 27.8 Å². The van der Waals surface area contributed by atoms with E-state index in [1.165, 1.54) is 0 Å².